The predicted octanol–water partition coefficient (Wildman–Crippen LogP) is 2.37. The van der Waals surface area contributed by atoms with Crippen molar-refractivity contribution in [3.63, 3.8) is 0 Å². The maximum Gasteiger partial charge on any atom is 0.210 e. The number of hydrazine groups is 1. The number of hydrogen-bond donors (Lipinski definition) is 3. The topological polar surface area (TPSA) is 62.4 Å². The molecular formula is C11H16ClFN4. The summed E-state index contributed by atoms with van der Waals surface area (Å²) in [7, 11) is 0. The van der Waals surface area contributed by atoms with Crippen molar-refractivity contribution in [3.8, 4) is 0 Å². The van der Waals surface area contributed by atoms with Gasteiger partial charge in [0.05, 0.1) is 5.69 Å². The first kappa shape index (κ1) is 13.7. The third-order valence-corrected chi connectivity index (χ3v) is 2.17. The Morgan fingerprint density at radius 3 is 2.76 bits per heavy atom. The van der Waals surface area contributed by atoms with Crippen LogP contribution in [0.2, 0.25) is 5.02 Å². The van der Waals surface area contributed by atoms with E-state index in [1.807, 2.05) is 13.8 Å². The molecule has 0 saturated heterocycles. The van der Waals surface area contributed by atoms with E-state index in [9.17, 15) is 4.39 Å². The van der Waals surface area contributed by atoms with Crippen molar-refractivity contribution in [2.75, 3.05) is 11.9 Å². The predicted molar refractivity (Wildman–Crippen MR) is 69.5 cm³/mol. The van der Waals surface area contributed by atoms with Gasteiger partial charge in [0, 0.05) is 11.6 Å². The van der Waals surface area contributed by atoms with Crippen molar-refractivity contribution in [2.24, 2.45) is 16.8 Å². The lowest BCUT2D eigenvalue weighted by atomic mass is 10.2. The number of anilines is 1. The molecule has 0 amide bonds. The summed E-state index contributed by atoms with van der Waals surface area (Å²) in [5.74, 6) is 5.56. The highest BCUT2D eigenvalue weighted by atomic mass is 35.5. The Hall–Kier alpha value is -1.33. The largest absolute Gasteiger partial charge is 0.323 e. The van der Waals surface area contributed by atoms with Gasteiger partial charge < -0.3 is 5.32 Å². The van der Waals surface area contributed by atoms with Gasteiger partial charge in [0.15, 0.2) is 0 Å². The Morgan fingerprint density at radius 2 is 2.24 bits per heavy atom. The van der Waals surface area contributed by atoms with Crippen LogP contribution in [-0.2, 0) is 0 Å². The highest BCUT2D eigenvalue weighted by Crippen LogP contribution is 2.18. The molecule has 0 aliphatic carbocycles. The fourth-order valence-electron chi connectivity index (χ4n) is 1.11. The summed E-state index contributed by atoms with van der Waals surface area (Å²) in [6.07, 6.45) is 0. The van der Waals surface area contributed by atoms with Gasteiger partial charge in [-0.2, -0.15) is 0 Å². The molecule has 17 heavy (non-hydrogen) atoms. The molecule has 0 radical (unpaired) electrons. The lowest BCUT2D eigenvalue weighted by Crippen LogP contribution is -2.36. The number of hydrogen-bond acceptors (Lipinski definition) is 2. The van der Waals surface area contributed by atoms with E-state index in [1.54, 1.807) is 6.07 Å². The Labute approximate surface area is 105 Å². The number of nitrogens with two attached hydrogens (primary N) is 1. The molecule has 0 unspecified atom stereocenters. The van der Waals surface area contributed by atoms with Crippen molar-refractivity contribution in [1.82, 2.24) is 5.43 Å². The van der Waals surface area contributed by atoms with Gasteiger partial charge in [-0.3, -0.25) is 10.4 Å². The van der Waals surface area contributed by atoms with Crippen LogP contribution in [0.5, 0.6) is 0 Å². The molecule has 0 fully saturated rings. The van der Waals surface area contributed by atoms with Crippen LogP contribution in [0, 0.1) is 11.7 Å². The van der Waals surface area contributed by atoms with E-state index in [0.29, 0.717) is 23.4 Å². The van der Waals surface area contributed by atoms with E-state index in [0.717, 1.165) is 0 Å². The molecule has 0 aromatic heterocycles. The SMILES string of the molecule is CC(C)CN=C(NN)Nc1ccc(Cl)cc1F. The number of rotatable bonds is 3. The summed E-state index contributed by atoms with van der Waals surface area (Å²) < 4.78 is 13.5. The maximum atomic E-state index is 13.5. The second kappa shape index (κ2) is 6.42. The average molecular weight is 259 g/mol. The zero-order valence-electron chi connectivity index (χ0n) is 9.80. The van der Waals surface area contributed by atoms with E-state index >= 15 is 0 Å². The van der Waals surface area contributed by atoms with Gasteiger partial charge in [-0.25, -0.2) is 10.2 Å². The number of nitrogens with one attached hydrogen (secondary N) is 2. The Balaban J connectivity index is 2.77. The minimum absolute atomic E-state index is 0.273. The number of aliphatic imine (C=N–C) groups is 1. The summed E-state index contributed by atoms with van der Waals surface area (Å²) in [5, 5.41) is 3.10. The van der Waals surface area contributed by atoms with Gasteiger partial charge in [0.25, 0.3) is 0 Å². The number of nitrogens with zero attached hydrogens (tertiary/aromatic N) is 1. The number of guanidine groups is 1. The first-order valence-corrected chi connectivity index (χ1v) is 5.64. The van der Waals surface area contributed by atoms with Gasteiger partial charge >= 0.3 is 0 Å². The molecule has 1 aromatic carbocycles. The minimum atomic E-state index is -0.454. The van der Waals surface area contributed by atoms with Gasteiger partial charge in [0.2, 0.25) is 5.96 Å². The first-order chi connectivity index (χ1) is 8.02. The molecule has 4 nitrogen and oxygen atoms in total. The summed E-state index contributed by atoms with van der Waals surface area (Å²) >= 11 is 5.65. The highest BCUT2D eigenvalue weighted by Gasteiger charge is 2.05. The molecule has 0 aliphatic heterocycles. The molecule has 1 aromatic rings. The van der Waals surface area contributed by atoms with Crippen LogP contribution >= 0.6 is 11.6 Å². The fraction of sp³-hybridized carbons (Fsp3) is 0.364. The monoisotopic (exact) mass is 258 g/mol. The van der Waals surface area contributed by atoms with Crippen LogP contribution in [-0.4, -0.2) is 12.5 Å². The van der Waals surface area contributed by atoms with Crippen LogP contribution in [0.1, 0.15) is 13.8 Å². The molecule has 94 valence electrons. The fourth-order valence-corrected chi connectivity index (χ4v) is 1.27. The van der Waals surface area contributed by atoms with E-state index in [1.165, 1.54) is 12.1 Å². The van der Waals surface area contributed by atoms with Crippen molar-refractivity contribution in [2.45, 2.75) is 13.8 Å². The molecule has 4 N–H and O–H groups in total. The van der Waals surface area contributed by atoms with Gasteiger partial charge in [-0.1, -0.05) is 25.4 Å². The third-order valence-electron chi connectivity index (χ3n) is 1.94. The summed E-state index contributed by atoms with van der Waals surface area (Å²) in [6.45, 7) is 4.66. The van der Waals surface area contributed by atoms with Crippen molar-refractivity contribution < 1.29 is 4.39 Å². The second-order valence-corrected chi connectivity index (χ2v) is 4.41. The van der Waals surface area contributed by atoms with E-state index < -0.39 is 5.82 Å². The normalized spacial score (nSPS) is 11.8. The summed E-state index contributed by atoms with van der Waals surface area (Å²) in [4.78, 5) is 4.17. The molecule has 0 saturated carbocycles. The number of halogens is 2. The first-order valence-electron chi connectivity index (χ1n) is 5.26. The molecular weight excluding hydrogens is 243 g/mol. The van der Waals surface area contributed by atoms with Gasteiger partial charge in [-0.15, -0.1) is 0 Å². The van der Waals surface area contributed by atoms with Gasteiger partial charge in [-0.05, 0) is 24.1 Å². The molecule has 0 bridgehead atoms. The second-order valence-electron chi connectivity index (χ2n) is 3.98. The van der Waals surface area contributed by atoms with Crippen LogP contribution in [0.15, 0.2) is 23.2 Å². The molecule has 0 heterocycles. The van der Waals surface area contributed by atoms with Crippen molar-refractivity contribution in [3.05, 3.63) is 29.0 Å². The zero-order valence-corrected chi connectivity index (χ0v) is 10.6. The molecule has 0 aliphatic rings. The third kappa shape index (κ3) is 4.58. The lowest BCUT2D eigenvalue weighted by Gasteiger charge is -2.10. The van der Waals surface area contributed by atoms with Crippen LogP contribution in [0.25, 0.3) is 0 Å². The Bertz CT molecular complexity index is 406. The van der Waals surface area contributed by atoms with E-state index in [-0.39, 0.29) is 5.69 Å². The molecule has 0 atom stereocenters. The zero-order chi connectivity index (χ0) is 12.8. The smallest absolute Gasteiger partial charge is 0.210 e. The van der Waals surface area contributed by atoms with Gasteiger partial charge in [0.1, 0.15) is 5.82 Å². The van der Waals surface area contributed by atoms with E-state index in [2.05, 4.69) is 15.7 Å². The van der Waals surface area contributed by atoms with Crippen LogP contribution in [0.3, 0.4) is 0 Å². The van der Waals surface area contributed by atoms with Crippen molar-refractivity contribution in [1.29, 1.82) is 0 Å². The Kier molecular flexibility index (Phi) is 5.18. The maximum absolute atomic E-state index is 13.5. The summed E-state index contributed by atoms with van der Waals surface area (Å²) in [5.41, 5.74) is 2.66. The average Bonchev–Trinajstić information content (AvgIpc) is 2.26. The quantitative estimate of drug-likeness (QED) is 0.338. The van der Waals surface area contributed by atoms with Crippen LogP contribution in [0.4, 0.5) is 10.1 Å². The molecule has 1 rings (SSSR count). The summed E-state index contributed by atoms with van der Waals surface area (Å²) in [6, 6.07) is 4.34. The standard InChI is InChI=1S/C11H16ClFN4/c1-7(2)6-15-11(17-14)16-10-4-3-8(12)5-9(10)13/h3-5,7H,6,14H2,1-2H3,(H2,15,16,17). The lowest BCUT2D eigenvalue weighted by molar-refractivity contribution is 0.631. The Morgan fingerprint density at radius 1 is 1.53 bits per heavy atom. The minimum Gasteiger partial charge on any atom is -0.323 e. The number of benzene rings is 1. The highest BCUT2D eigenvalue weighted by molar-refractivity contribution is 6.30. The molecule has 0 spiro atoms. The van der Waals surface area contributed by atoms with Crippen molar-refractivity contribution >= 4 is 23.2 Å². The molecule has 6 heteroatoms. The van der Waals surface area contributed by atoms with Crippen LogP contribution < -0.4 is 16.6 Å². The van der Waals surface area contributed by atoms with E-state index in [4.69, 9.17) is 17.4 Å².